The van der Waals surface area contributed by atoms with Crippen LogP contribution in [0, 0.1) is 0 Å². The molecule has 10 heteroatoms. The molecule has 0 bridgehead atoms. The van der Waals surface area contributed by atoms with E-state index in [1.165, 1.54) is 18.4 Å². The number of hydrogen-bond donors (Lipinski definition) is 1. The molecule has 0 saturated carbocycles. The number of thiazole rings is 1. The van der Waals surface area contributed by atoms with E-state index in [2.05, 4.69) is 10.3 Å². The van der Waals surface area contributed by atoms with Crippen molar-refractivity contribution in [2.45, 2.75) is 18.8 Å². The number of likely N-dealkylation sites (tertiary alicyclic amines) is 1. The maximum atomic E-state index is 12.9. The van der Waals surface area contributed by atoms with Gasteiger partial charge in [0, 0.05) is 43.0 Å². The summed E-state index contributed by atoms with van der Waals surface area (Å²) in [7, 11) is 3.01. The number of ether oxygens (including phenoxy) is 1. The highest BCUT2D eigenvalue weighted by molar-refractivity contribution is 7.10. The zero-order valence-electron chi connectivity index (χ0n) is 19.3. The molecule has 1 aliphatic rings. The van der Waals surface area contributed by atoms with Crippen LogP contribution in [0.5, 0.6) is 0 Å². The molecule has 5 rings (SSSR count). The molecule has 0 aliphatic carbocycles. The van der Waals surface area contributed by atoms with Gasteiger partial charge >= 0.3 is 5.97 Å². The van der Waals surface area contributed by atoms with E-state index >= 15 is 0 Å². The van der Waals surface area contributed by atoms with E-state index in [0.29, 0.717) is 41.5 Å². The molecule has 0 spiro atoms. The van der Waals surface area contributed by atoms with Crippen LogP contribution in [0.3, 0.4) is 0 Å². The van der Waals surface area contributed by atoms with Gasteiger partial charge in [0.25, 0.3) is 11.8 Å². The van der Waals surface area contributed by atoms with Crippen LogP contribution in [0.1, 0.15) is 55.3 Å². The molecule has 1 fully saturated rings. The van der Waals surface area contributed by atoms with Crippen molar-refractivity contribution >= 4 is 45.8 Å². The topological polar surface area (TPSA) is 107 Å². The number of fused-ring (bicyclic) bond motifs is 1. The number of aromatic nitrogens is 2. The molecule has 0 radical (unpaired) electrons. The summed E-state index contributed by atoms with van der Waals surface area (Å²) in [6.45, 7) is 1.20. The van der Waals surface area contributed by atoms with Crippen LogP contribution < -0.4 is 5.32 Å². The number of aryl methyl sites for hydroxylation is 1. The van der Waals surface area contributed by atoms with E-state index in [1.54, 1.807) is 35.3 Å². The van der Waals surface area contributed by atoms with Gasteiger partial charge < -0.3 is 23.9 Å². The number of amides is 2. The highest BCUT2D eigenvalue weighted by atomic mass is 32.1. The highest BCUT2D eigenvalue weighted by Crippen LogP contribution is 2.31. The van der Waals surface area contributed by atoms with Crippen LogP contribution in [-0.2, 0) is 11.8 Å². The zero-order chi connectivity index (χ0) is 24.5. The van der Waals surface area contributed by atoms with Gasteiger partial charge in [-0.15, -0.1) is 11.3 Å². The van der Waals surface area contributed by atoms with E-state index in [0.717, 1.165) is 23.2 Å². The lowest BCUT2D eigenvalue weighted by atomic mass is 9.97. The van der Waals surface area contributed by atoms with Crippen LogP contribution in [-0.4, -0.2) is 52.4 Å². The number of rotatable bonds is 5. The lowest BCUT2D eigenvalue weighted by molar-refractivity contribution is 0.0589. The molecule has 9 nitrogen and oxygen atoms in total. The molecule has 0 atom stereocenters. The Morgan fingerprint density at radius 1 is 1.17 bits per heavy atom. The largest absolute Gasteiger partial charge is 0.464 e. The third-order valence-corrected chi connectivity index (χ3v) is 7.19. The number of nitrogens with zero attached hydrogens (tertiary/aromatic N) is 3. The molecule has 1 saturated heterocycles. The maximum absolute atomic E-state index is 12.9. The number of esters is 1. The van der Waals surface area contributed by atoms with Crippen LogP contribution in [0.15, 0.2) is 52.4 Å². The predicted octanol–water partition coefficient (Wildman–Crippen LogP) is 4.29. The first kappa shape index (κ1) is 22.9. The van der Waals surface area contributed by atoms with E-state index in [-0.39, 0.29) is 17.7 Å². The first-order chi connectivity index (χ1) is 16.9. The summed E-state index contributed by atoms with van der Waals surface area (Å²) in [6.07, 6.45) is 3.18. The molecule has 2 amide bonds. The second-order valence-corrected chi connectivity index (χ2v) is 9.35. The molecule has 1 aliphatic heterocycles. The first-order valence-electron chi connectivity index (χ1n) is 11.2. The SMILES string of the molecule is COC(=O)c1cc(NC(=O)c2csc(C3CCN(C(=O)c4cc5ccccc5o4)CC3)n2)cn1C. The van der Waals surface area contributed by atoms with Crippen molar-refractivity contribution in [2.24, 2.45) is 7.05 Å². The van der Waals surface area contributed by atoms with E-state index < -0.39 is 5.97 Å². The summed E-state index contributed by atoms with van der Waals surface area (Å²) in [6, 6.07) is 10.9. The summed E-state index contributed by atoms with van der Waals surface area (Å²) in [5.74, 6) is -0.382. The van der Waals surface area contributed by atoms with Gasteiger partial charge in [-0.2, -0.15) is 0 Å². The predicted molar refractivity (Wildman–Crippen MR) is 131 cm³/mol. The van der Waals surface area contributed by atoms with Crippen molar-refractivity contribution in [3.63, 3.8) is 0 Å². The average molecular weight is 493 g/mol. The Morgan fingerprint density at radius 3 is 2.69 bits per heavy atom. The molecule has 1 aromatic carbocycles. The minimum Gasteiger partial charge on any atom is -0.464 e. The number of piperidine rings is 1. The van der Waals surface area contributed by atoms with Gasteiger partial charge in [0.15, 0.2) is 5.76 Å². The van der Waals surface area contributed by atoms with E-state index in [9.17, 15) is 14.4 Å². The van der Waals surface area contributed by atoms with Gasteiger partial charge in [-0.3, -0.25) is 9.59 Å². The Hall–Kier alpha value is -3.92. The Morgan fingerprint density at radius 2 is 1.94 bits per heavy atom. The Balaban J connectivity index is 1.19. The van der Waals surface area contributed by atoms with E-state index in [1.807, 2.05) is 29.2 Å². The van der Waals surface area contributed by atoms with Crippen molar-refractivity contribution in [3.05, 3.63) is 70.1 Å². The third kappa shape index (κ3) is 4.57. The second-order valence-electron chi connectivity index (χ2n) is 8.46. The van der Waals surface area contributed by atoms with Gasteiger partial charge in [0.05, 0.1) is 17.8 Å². The Labute approximate surface area is 205 Å². The summed E-state index contributed by atoms with van der Waals surface area (Å²) in [5.41, 5.74) is 1.86. The quantitative estimate of drug-likeness (QED) is 0.417. The van der Waals surface area contributed by atoms with Gasteiger partial charge in [-0.05, 0) is 31.0 Å². The zero-order valence-corrected chi connectivity index (χ0v) is 20.1. The fraction of sp³-hybridized carbons (Fsp3) is 0.280. The molecule has 180 valence electrons. The van der Waals surface area contributed by atoms with Crippen molar-refractivity contribution < 1.29 is 23.5 Å². The third-order valence-electron chi connectivity index (χ3n) is 6.18. The average Bonchev–Trinajstić information content (AvgIpc) is 3.61. The summed E-state index contributed by atoms with van der Waals surface area (Å²) >= 11 is 1.45. The van der Waals surface area contributed by atoms with Crippen LogP contribution >= 0.6 is 11.3 Å². The Bertz CT molecular complexity index is 1380. The van der Waals surface area contributed by atoms with Gasteiger partial charge in [0.1, 0.15) is 17.0 Å². The normalized spacial score (nSPS) is 14.3. The maximum Gasteiger partial charge on any atom is 0.354 e. The van der Waals surface area contributed by atoms with Crippen molar-refractivity contribution in [2.75, 3.05) is 25.5 Å². The van der Waals surface area contributed by atoms with Crippen molar-refractivity contribution in [3.8, 4) is 0 Å². The second kappa shape index (κ2) is 9.38. The summed E-state index contributed by atoms with van der Waals surface area (Å²) in [4.78, 5) is 43.7. The first-order valence-corrected chi connectivity index (χ1v) is 12.1. The molecule has 0 unspecified atom stereocenters. The molecular weight excluding hydrogens is 468 g/mol. The lowest BCUT2D eigenvalue weighted by Gasteiger charge is -2.30. The number of anilines is 1. The van der Waals surface area contributed by atoms with Gasteiger partial charge in [-0.25, -0.2) is 9.78 Å². The van der Waals surface area contributed by atoms with Gasteiger partial charge in [-0.1, -0.05) is 18.2 Å². The minimum atomic E-state index is -0.478. The number of hydrogen-bond acceptors (Lipinski definition) is 7. The molecule has 4 heterocycles. The lowest BCUT2D eigenvalue weighted by Crippen LogP contribution is -2.37. The summed E-state index contributed by atoms with van der Waals surface area (Å²) in [5, 5.41) is 6.31. The molecule has 4 aromatic rings. The summed E-state index contributed by atoms with van der Waals surface area (Å²) < 4.78 is 12.1. The number of nitrogens with one attached hydrogen (secondary N) is 1. The van der Waals surface area contributed by atoms with Crippen LogP contribution in [0.2, 0.25) is 0 Å². The standard InChI is InChI=1S/C25H24N4O5S/c1-28-13-17(12-19(28)25(32)33-2)26-22(30)18-14-35-23(27-18)15-7-9-29(10-8-15)24(31)21-11-16-5-3-4-6-20(16)34-21/h3-6,11-15H,7-10H2,1-2H3,(H,26,30). The number of furan rings is 1. The van der Waals surface area contributed by atoms with Gasteiger partial charge in [0.2, 0.25) is 0 Å². The number of carbonyl (C=O) groups is 3. The van der Waals surface area contributed by atoms with Crippen LogP contribution in [0.25, 0.3) is 11.0 Å². The number of benzene rings is 1. The number of para-hydroxylation sites is 1. The molecule has 35 heavy (non-hydrogen) atoms. The number of carbonyl (C=O) groups excluding carboxylic acids is 3. The molecule has 1 N–H and O–H groups in total. The smallest absolute Gasteiger partial charge is 0.354 e. The molecule has 3 aromatic heterocycles. The van der Waals surface area contributed by atoms with E-state index in [4.69, 9.17) is 9.15 Å². The van der Waals surface area contributed by atoms with Crippen LogP contribution in [0.4, 0.5) is 5.69 Å². The monoisotopic (exact) mass is 492 g/mol. The Kier molecular flexibility index (Phi) is 6.12. The van der Waals surface area contributed by atoms with Crippen molar-refractivity contribution in [1.82, 2.24) is 14.5 Å². The highest BCUT2D eigenvalue weighted by Gasteiger charge is 2.28. The molecular formula is C25H24N4O5S. The number of methoxy groups -OCH3 is 1. The fourth-order valence-corrected chi connectivity index (χ4v) is 5.26. The fourth-order valence-electron chi connectivity index (χ4n) is 4.29. The van der Waals surface area contributed by atoms with Crippen molar-refractivity contribution in [1.29, 1.82) is 0 Å². The minimum absolute atomic E-state index is 0.104.